The van der Waals surface area contributed by atoms with E-state index in [0.717, 1.165) is 83.5 Å². The molecule has 6 heteroatoms. The second kappa shape index (κ2) is 45.1. The van der Waals surface area contributed by atoms with Gasteiger partial charge in [-0.1, -0.05) is 185 Å². The summed E-state index contributed by atoms with van der Waals surface area (Å²) in [6.07, 6.45) is 52.3. The van der Waals surface area contributed by atoms with Gasteiger partial charge in [0.05, 0.1) is 0 Å². The quantitative estimate of drug-likeness (QED) is 0.0265. The van der Waals surface area contributed by atoms with Gasteiger partial charge in [0.15, 0.2) is 6.10 Å². The Labute approximate surface area is 346 Å². The van der Waals surface area contributed by atoms with Gasteiger partial charge in [-0.25, -0.2) is 0 Å². The van der Waals surface area contributed by atoms with Crippen molar-refractivity contribution in [2.75, 3.05) is 13.2 Å². The Balaban J connectivity index is 4.43. The van der Waals surface area contributed by atoms with Crippen LogP contribution in [0.25, 0.3) is 0 Å². The Morgan fingerprint density at radius 2 is 0.661 bits per heavy atom. The molecule has 0 aliphatic carbocycles. The summed E-state index contributed by atoms with van der Waals surface area (Å²) in [6.45, 7) is 6.52. The minimum absolute atomic E-state index is 0.0869. The Bertz CT molecular complexity index is 996. The highest BCUT2D eigenvalue weighted by Gasteiger charge is 2.19. The van der Waals surface area contributed by atoms with E-state index in [1.54, 1.807) is 0 Å². The zero-order valence-electron chi connectivity index (χ0n) is 36.9. The van der Waals surface area contributed by atoms with Crippen molar-refractivity contribution >= 4 is 17.9 Å². The Morgan fingerprint density at radius 3 is 1.14 bits per heavy atom. The van der Waals surface area contributed by atoms with Gasteiger partial charge in [-0.15, -0.1) is 0 Å². The van der Waals surface area contributed by atoms with Crippen LogP contribution in [0.4, 0.5) is 0 Å². The number of hydrogen-bond acceptors (Lipinski definition) is 6. The number of esters is 3. The predicted octanol–water partition coefficient (Wildman–Crippen LogP) is 15.1. The Hall–Kier alpha value is -2.63. The molecule has 0 aromatic carbocycles. The highest BCUT2D eigenvalue weighted by atomic mass is 16.6. The summed E-state index contributed by atoms with van der Waals surface area (Å²) < 4.78 is 16.7. The summed E-state index contributed by atoms with van der Waals surface area (Å²) in [4.78, 5) is 37.7. The van der Waals surface area contributed by atoms with Crippen molar-refractivity contribution in [3.05, 3.63) is 48.6 Å². The first-order valence-electron chi connectivity index (χ1n) is 23.6. The number of ether oxygens (including phenoxy) is 3. The third-order valence-electron chi connectivity index (χ3n) is 10.1. The normalized spacial score (nSPS) is 12.4. The summed E-state index contributed by atoms with van der Waals surface area (Å²) in [5.41, 5.74) is 0. The average molecular weight is 785 g/mol. The molecule has 0 unspecified atom stereocenters. The van der Waals surface area contributed by atoms with Crippen molar-refractivity contribution in [1.82, 2.24) is 0 Å². The van der Waals surface area contributed by atoms with E-state index in [-0.39, 0.29) is 31.1 Å². The van der Waals surface area contributed by atoms with Crippen molar-refractivity contribution in [3.8, 4) is 0 Å². The largest absolute Gasteiger partial charge is 0.462 e. The van der Waals surface area contributed by atoms with Crippen LogP contribution in [0.15, 0.2) is 48.6 Å². The monoisotopic (exact) mass is 785 g/mol. The maximum Gasteiger partial charge on any atom is 0.306 e. The van der Waals surface area contributed by atoms with E-state index in [1.807, 2.05) is 0 Å². The summed E-state index contributed by atoms with van der Waals surface area (Å²) in [6, 6.07) is 0. The molecule has 0 heterocycles. The van der Waals surface area contributed by atoms with E-state index in [1.165, 1.54) is 109 Å². The molecule has 0 saturated carbocycles. The second-order valence-electron chi connectivity index (χ2n) is 15.7. The number of hydrogen-bond donors (Lipinski definition) is 0. The van der Waals surface area contributed by atoms with Crippen LogP contribution in [0.2, 0.25) is 0 Å². The third kappa shape index (κ3) is 42.5. The molecule has 0 amide bonds. The summed E-state index contributed by atoms with van der Waals surface area (Å²) >= 11 is 0. The van der Waals surface area contributed by atoms with Gasteiger partial charge in [-0.2, -0.15) is 0 Å². The molecule has 0 aromatic rings. The molecule has 1 atom stereocenters. The number of unbranched alkanes of at least 4 members (excludes halogenated alkanes) is 23. The van der Waals surface area contributed by atoms with Gasteiger partial charge < -0.3 is 14.2 Å². The van der Waals surface area contributed by atoms with Crippen molar-refractivity contribution in [1.29, 1.82) is 0 Å². The lowest BCUT2D eigenvalue weighted by molar-refractivity contribution is -0.167. The predicted molar refractivity (Wildman–Crippen MR) is 238 cm³/mol. The zero-order chi connectivity index (χ0) is 40.8. The van der Waals surface area contributed by atoms with Gasteiger partial charge in [0.2, 0.25) is 0 Å². The summed E-state index contributed by atoms with van der Waals surface area (Å²) in [5.74, 6) is -0.936. The van der Waals surface area contributed by atoms with Crippen molar-refractivity contribution in [2.24, 2.45) is 0 Å². The first-order valence-corrected chi connectivity index (χ1v) is 23.6. The van der Waals surface area contributed by atoms with E-state index >= 15 is 0 Å². The number of carbonyl (C=O) groups is 3. The van der Waals surface area contributed by atoms with Gasteiger partial charge in [0.25, 0.3) is 0 Å². The molecular formula is C50H88O6. The molecule has 56 heavy (non-hydrogen) atoms. The van der Waals surface area contributed by atoms with Gasteiger partial charge >= 0.3 is 17.9 Å². The van der Waals surface area contributed by atoms with Crippen LogP contribution in [0.1, 0.15) is 233 Å². The van der Waals surface area contributed by atoms with E-state index in [9.17, 15) is 14.4 Å². The maximum atomic E-state index is 12.7. The maximum absolute atomic E-state index is 12.7. The molecule has 0 saturated heterocycles. The molecule has 0 aliphatic rings. The Morgan fingerprint density at radius 1 is 0.357 bits per heavy atom. The van der Waals surface area contributed by atoms with Gasteiger partial charge in [0, 0.05) is 19.3 Å². The van der Waals surface area contributed by atoms with Crippen LogP contribution < -0.4 is 0 Å². The molecule has 0 rings (SSSR count). The highest BCUT2D eigenvalue weighted by molar-refractivity contribution is 5.71. The smallest absolute Gasteiger partial charge is 0.306 e. The minimum atomic E-state index is -0.788. The molecule has 0 aromatic heterocycles. The van der Waals surface area contributed by atoms with Crippen LogP contribution >= 0.6 is 0 Å². The SMILES string of the molecule is CCCC/C=C\CCCCCCCC(=O)O[C@H](COC(=O)CCCC/C=C\C/C=C\C/C=C\CCCCC)COC(=O)CCCCCCCCCCCCCC. The van der Waals surface area contributed by atoms with Crippen molar-refractivity contribution in [2.45, 2.75) is 239 Å². The lowest BCUT2D eigenvalue weighted by atomic mass is 10.0. The fourth-order valence-corrected chi connectivity index (χ4v) is 6.43. The van der Waals surface area contributed by atoms with Crippen molar-refractivity contribution in [3.63, 3.8) is 0 Å². The van der Waals surface area contributed by atoms with Gasteiger partial charge in [-0.05, 0) is 77.0 Å². The third-order valence-corrected chi connectivity index (χ3v) is 10.1. The number of allylic oxidation sites excluding steroid dienone is 8. The molecule has 0 bridgehead atoms. The number of rotatable bonds is 42. The topological polar surface area (TPSA) is 78.9 Å². The molecule has 0 aliphatic heterocycles. The molecule has 0 radical (unpaired) electrons. The number of carbonyl (C=O) groups excluding carboxylic acids is 3. The molecule has 0 fully saturated rings. The van der Waals surface area contributed by atoms with Gasteiger partial charge in [-0.3, -0.25) is 14.4 Å². The highest BCUT2D eigenvalue weighted by Crippen LogP contribution is 2.14. The van der Waals surface area contributed by atoms with Crippen LogP contribution in [0, 0.1) is 0 Å². The fraction of sp³-hybridized carbons (Fsp3) is 0.780. The van der Waals surface area contributed by atoms with Crippen LogP contribution in [0.5, 0.6) is 0 Å². The van der Waals surface area contributed by atoms with E-state index < -0.39 is 6.10 Å². The molecule has 6 nitrogen and oxygen atoms in total. The first-order chi connectivity index (χ1) is 27.5. The van der Waals surface area contributed by atoms with Crippen LogP contribution in [0.3, 0.4) is 0 Å². The lowest BCUT2D eigenvalue weighted by Crippen LogP contribution is -2.30. The zero-order valence-corrected chi connectivity index (χ0v) is 36.9. The van der Waals surface area contributed by atoms with E-state index in [0.29, 0.717) is 19.3 Å². The first kappa shape index (κ1) is 53.4. The average Bonchev–Trinajstić information content (AvgIpc) is 3.19. The summed E-state index contributed by atoms with van der Waals surface area (Å²) in [5, 5.41) is 0. The molecule has 324 valence electrons. The molecule has 0 N–H and O–H groups in total. The van der Waals surface area contributed by atoms with E-state index in [4.69, 9.17) is 14.2 Å². The fourth-order valence-electron chi connectivity index (χ4n) is 6.43. The second-order valence-corrected chi connectivity index (χ2v) is 15.7. The lowest BCUT2D eigenvalue weighted by Gasteiger charge is -2.18. The Kier molecular flexibility index (Phi) is 43.0. The van der Waals surface area contributed by atoms with Crippen LogP contribution in [-0.4, -0.2) is 37.2 Å². The van der Waals surface area contributed by atoms with Crippen molar-refractivity contribution < 1.29 is 28.6 Å². The summed E-state index contributed by atoms with van der Waals surface area (Å²) in [7, 11) is 0. The van der Waals surface area contributed by atoms with Crippen LogP contribution in [-0.2, 0) is 28.6 Å². The minimum Gasteiger partial charge on any atom is -0.462 e. The van der Waals surface area contributed by atoms with Gasteiger partial charge in [0.1, 0.15) is 13.2 Å². The molecule has 0 spiro atoms. The standard InChI is InChI=1S/C50H88O6/c1-4-7-10-13-16-19-22-24-25-26-29-31-34-37-40-43-49(52)55-46-47(56-50(53)44-41-38-35-32-27-21-18-15-12-9-6-3)45-54-48(51)42-39-36-33-30-28-23-20-17-14-11-8-5-2/h15-16,18-19,24-25,29,31,47H,4-14,17,20-23,26-28,30,32-46H2,1-3H3/b18-15-,19-16-,25-24-,31-29-/t47-/m0/s1. The van der Waals surface area contributed by atoms with E-state index in [2.05, 4.69) is 69.4 Å². The molecular weight excluding hydrogens is 697 g/mol.